The number of carbonyl (C=O) groups excluding carboxylic acids is 3. The highest BCUT2D eigenvalue weighted by Crippen LogP contribution is 2.27. The van der Waals surface area contributed by atoms with Crippen LogP contribution in [0.1, 0.15) is 32.8 Å². The van der Waals surface area contributed by atoms with Gasteiger partial charge in [0.1, 0.15) is 0 Å². The monoisotopic (exact) mass is 414 g/mol. The molecular formula is C23H34N4O3. The molecule has 3 amide bonds. The lowest BCUT2D eigenvalue weighted by atomic mass is 10.1. The molecule has 7 heteroatoms. The van der Waals surface area contributed by atoms with E-state index < -0.39 is 0 Å². The van der Waals surface area contributed by atoms with Crippen LogP contribution in [-0.2, 0) is 20.8 Å². The van der Waals surface area contributed by atoms with Crippen LogP contribution >= 0.6 is 0 Å². The van der Waals surface area contributed by atoms with Gasteiger partial charge in [0.2, 0.25) is 17.7 Å². The quantitative estimate of drug-likeness (QED) is 0.680. The molecular weight excluding hydrogens is 380 g/mol. The Bertz CT molecular complexity index is 752. The standard InChI is InChI=1S/C23H34N4O3/c1-4-18-7-9-20(10-8-18)27-16-19(15-21(27)28)23(30)26-13-11-24(12-14-26)17-22(29)25(5-2)6-3/h7-10,19H,4-6,11-17H2,1-3H3. The number of hydrogen-bond acceptors (Lipinski definition) is 4. The van der Waals surface area contributed by atoms with Crippen LogP contribution in [0.15, 0.2) is 24.3 Å². The summed E-state index contributed by atoms with van der Waals surface area (Å²) in [6.07, 6.45) is 1.23. The first-order valence-electron chi connectivity index (χ1n) is 11.1. The fourth-order valence-electron chi connectivity index (χ4n) is 4.29. The van der Waals surface area contributed by atoms with Crippen molar-refractivity contribution in [3.8, 4) is 0 Å². The number of nitrogens with zero attached hydrogens (tertiary/aromatic N) is 4. The van der Waals surface area contributed by atoms with Gasteiger partial charge in [-0.25, -0.2) is 0 Å². The lowest BCUT2D eigenvalue weighted by molar-refractivity contribution is -0.138. The van der Waals surface area contributed by atoms with Crippen LogP contribution in [0.4, 0.5) is 5.69 Å². The molecule has 1 atom stereocenters. The molecule has 1 aromatic rings. The molecule has 0 radical (unpaired) electrons. The van der Waals surface area contributed by atoms with Gasteiger partial charge in [-0.15, -0.1) is 0 Å². The SMILES string of the molecule is CCc1ccc(N2CC(C(=O)N3CCN(CC(=O)N(CC)CC)CC3)CC2=O)cc1. The predicted molar refractivity (Wildman–Crippen MR) is 117 cm³/mol. The summed E-state index contributed by atoms with van der Waals surface area (Å²) in [5.41, 5.74) is 2.10. The van der Waals surface area contributed by atoms with E-state index in [0.29, 0.717) is 39.3 Å². The molecule has 30 heavy (non-hydrogen) atoms. The summed E-state index contributed by atoms with van der Waals surface area (Å²) in [5, 5.41) is 0. The summed E-state index contributed by atoms with van der Waals surface area (Å²) in [4.78, 5) is 45.4. The minimum atomic E-state index is -0.285. The summed E-state index contributed by atoms with van der Waals surface area (Å²) < 4.78 is 0. The number of rotatable bonds is 7. The van der Waals surface area contributed by atoms with Crippen molar-refractivity contribution in [1.82, 2.24) is 14.7 Å². The second-order valence-corrected chi connectivity index (χ2v) is 8.09. The number of hydrogen-bond donors (Lipinski definition) is 0. The van der Waals surface area contributed by atoms with Crippen LogP contribution in [0.2, 0.25) is 0 Å². The van der Waals surface area contributed by atoms with Gasteiger partial charge in [-0.3, -0.25) is 19.3 Å². The highest BCUT2D eigenvalue weighted by atomic mass is 16.2. The number of likely N-dealkylation sites (N-methyl/N-ethyl adjacent to an activating group) is 1. The fraction of sp³-hybridized carbons (Fsp3) is 0.609. The highest BCUT2D eigenvalue weighted by Gasteiger charge is 2.38. The van der Waals surface area contributed by atoms with Crippen molar-refractivity contribution in [3.63, 3.8) is 0 Å². The van der Waals surface area contributed by atoms with Crippen LogP contribution < -0.4 is 4.90 Å². The molecule has 7 nitrogen and oxygen atoms in total. The summed E-state index contributed by atoms with van der Waals surface area (Å²) in [5.74, 6) is -0.0649. The van der Waals surface area contributed by atoms with Gasteiger partial charge in [0.05, 0.1) is 12.5 Å². The third kappa shape index (κ3) is 5.01. The lowest BCUT2D eigenvalue weighted by Gasteiger charge is -2.36. The zero-order valence-electron chi connectivity index (χ0n) is 18.5. The number of carbonyl (C=O) groups is 3. The Hall–Kier alpha value is -2.41. The van der Waals surface area contributed by atoms with E-state index in [1.165, 1.54) is 5.56 Å². The second-order valence-electron chi connectivity index (χ2n) is 8.09. The van der Waals surface area contributed by atoms with Crippen LogP contribution in [0, 0.1) is 5.92 Å². The minimum absolute atomic E-state index is 0.0149. The Morgan fingerprint density at radius 1 is 1.00 bits per heavy atom. The van der Waals surface area contributed by atoms with Gasteiger partial charge in [-0.05, 0) is 38.0 Å². The molecule has 1 aromatic carbocycles. The van der Waals surface area contributed by atoms with E-state index in [2.05, 4.69) is 11.8 Å². The lowest BCUT2D eigenvalue weighted by Crippen LogP contribution is -2.52. The molecule has 0 saturated carbocycles. The number of aryl methyl sites for hydroxylation is 1. The molecule has 3 rings (SSSR count). The third-order valence-electron chi connectivity index (χ3n) is 6.29. The van der Waals surface area contributed by atoms with E-state index in [9.17, 15) is 14.4 Å². The fourth-order valence-corrected chi connectivity index (χ4v) is 4.29. The molecule has 0 aliphatic carbocycles. The third-order valence-corrected chi connectivity index (χ3v) is 6.29. The van der Waals surface area contributed by atoms with Crippen molar-refractivity contribution < 1.29 is 14.4 Å². The summed E-state index contributed by atoms with van der Waals surface area (Å²) >= 11 is 0. The van der Waals surface area contributed by atoms with Gasteiger partial charge in [-0.2, -0.15) is 0 Å². The number of amides is 3. The second kappa shape index (κ2) is 10.1. The zero-order chi connectivity index (χ0) is 21.7. The first-order valence-corrected chi connectivity index (χ1v) is 11.1. The topological polar surface area (TPSA) is 64.2 Å². The number of piperazine rings is 1. The van der Waals surface area contributed by atoms with E-state index in [1.54, 1.807) is 4.90 Å². The van der Waals surface area contributed by atoms with Crippen LogP contribution in [0.5, 0.6) is 0 Å². The first-order chi connectivity index (χ1) is 14.5. The Morgan fingerprint density at radius 2 is 1.63 bits per heavy atom. The van der Waals surface area contributed by atoms with Crippen molar-refractivity contribution in [1.29, 1.82) is 0 Å². The number of benzene rings is 1. The summed E-state index contributed by atoms with van der Waals surface area (Å²) in [6.45, 7) is 11.0. The van der Waals surface area contributed by atoms with Crippen LogP contribution in [0.3, 0.4) is 0 Å². The Morgan fingerprint density at radius 3 is 2.20 bits per heavy atom. The smallest absolute Gasteiger partial charge is 0.236 e. The molecule has 164 valence electrons. The zero-order valence-corrected chi connectivity index (χ0v) is 18.5. The largest absolute Gasteiger partial charge is 0.342 e. The Labute approximate surface area is 179 Å². The maximum Gasteiger partial charge on any atom is 0.236 e. The van der Waals surface area contributed by atoms with Crippen molar-refractivity contribution >= 4 is 23.4 Å². The molecule has 1 unspecified atom stereocenters. The van der Waals surface area contributed by atoms with Gasteiger partial charge < -0.3 is 14.7 Å². The number of anilines is 1. The van der Waals surface area contributed by atoms with Gasteiger partial charge >= 0.3 is 0 Å². The van der Waals surface area contributed by atoms with Gasteiger partial charge in [0.15, 0.2) is 0 Å². The van der Waals surface area contributed by atoms with Crippen molar-refractivity contribution in [2.45, 2.75) is 33.6 Å². The average Bonchev–Trinajstić information content (AvgIpc) is 3.16. The normalized spacial score (nSPS) is 20.0. The van der Waals surface area contributed by atoms with Crippen LogP contribution in [0.25, 0.3) is 0 Å². The summed E-state index contributed by atoms with van der Waals surface area (Å²) in [6, 6.07) is 8.01. The predicted octanol–water partition coefficient (Wildman–Crippen LogP) is 1.61. The average molecular weight is 415 g/mol. The first kappa shape index (κ1) is 22.3. The van der Waals surface area contributed by atoms with E-state index in [4.69, 9.17) is 0 Å². The van der Waals surface area contributed by atoms with Crippen molar-refractivity contribution in [3.05, 3.63) is 29.8 Å². The summed E-state index contributed by atoms with van der Waals surface area (Å²) in [7, 11) is 0. The minimum Gasteiger partial charge on any atom is -0.342 e. The van der Waals surface area contributed by atoms with E-state index in [-0.39, 0.29) is 30.1 Å². The van der Waals surface area contributed by atoms with Crippen molar-refractivity contribution in [2.75, 3.05) is 57.3 Å². The molecule has 2 fully saturated rings. The molecule has 0 spiro atoms. The van der Waals surface area contributed by atoms with Gasteiger partial charge in [-0.1, -0.05) is 19.1 Å². The molecule has 0 bridgehead atoms. The van der Waals surface area contributed by atoms with E-state index in [0.717, 1.165) is 25.2 Å². The van der Waals surface area contributed by atoms with Gasteiger partial charge in [0.25, 0.3) is 0 Å². The van der Waals surface area contributed by atoms with Crippen molar-refractivity contribution in [2.24, 2.45) is 5.92 Å². The highest BCUT2D eigenvalue weighted by molar-refractivity contribution is 6.00. The molecule has 2 aliphatic heterocycles. The van der Waals surface area contributed by atoms with Gasteiger partial charge in [0, 0.05) is 57.9 Å². The molecule has 0 N–H and O–H groups in total. The maximum atomic E-state index is 13.0. The molecule has 2 heterocycles. The van der Waals surface area contributed by atoms with E-state index >= 15 is 0 Å². The molecule has 2 aliphatic rings. The Kier molecular flexibility index (Phi) is 7.48. The van der Waals surface area contributed by atoms with Crippen LogP contribution in [-0.4, -0.2) is 84.8 Å². The maximum absolute atomic E-state index is 13.0. The Balaban J connectivity index is 1.51. The van der Waals surface area contributed by atoms with E-state index in [1.807, 2.05) is 47.9 Å². The molecule has 2 saturated heterocycles. The molecule has 0 aromatic heterocycles.